The molecule has 0 saturated heterocycles. The van der Waals surface area contributed by atoms with E-state index in [1.165, 1.54) is 0 Å². The highest BCUT2D eigenvalue weighted by Crippen LogP contribution is 2.39. The lowest BCUT2D eigenvalue weighted by Crippen LogP contribution is -2.41. The van der Waals surface area contributed by atoms with Crippen LogP contribution >= 0.6 is 11.6 Å². The van der Waals surface area contributed by atoms with Crippen molar-refractivity contribution in [1.82, 2.24) is 14.5 Å². The first kappa shape index (κ1) is 17.4. The third-order valence-corrected chi connectivity index (χ3v) is 6.49. The average Bonchev–Trinajstić information content (AvgIpc) is 2.91. The van der Waals surface area contributed by atoms with Gasteiger partial charge < -0.3 is 5.11 Å². The van der Waals surface area contributed by atoms with Gasteiger partial charge in [-0.2, -0.15) is 5.10 Å². The summed E-state index contributed by atoms with van der Waals surface area (Å²) in [6.45, 7) is 1.68. The molecule has 130 valence electrons. The topological polar surface area (TPSA) is 84.2 Å². The Morgan fingerprint density at radius 3 is 2.71 bits per heavy atom. The standard InChI is InChI=1S/C16H20ClN3O3S/c1-10-14(17)4-3-5-15(10)24(22,23)19-16(11-6-13(21)7-11)12-8-18-20(2)9-12/h3-5,8-9,11,13,16,19,21H,6-7H2,1-2H3/t11?,13?,16-/m1/s1. The van der Waals surface area contributed by atoms with E-state index in [0.29, 0.717) is 23.4 Å². The van der Waals surface area contributed by atoms with Crippen LogP contribution in [-0.4, -0.2) is 29.4 Å². The van der Waals surface area contributed by atoms with Crippen LogP contribution in [0.5, 0.6) is 0 Å². The zero-order valence-corrected chi connectivity index (χ0v) is 15.0. The summed E-state index contributed by atoms with van der Waals surface area (Å²) in [6, 6.07) is 4.40. The fourth-order valence-electron chi connectivity index (χ4n) is 3.05. The van der Waals surface area contributed by atoms with Crippen molar-refractivity contribution < 1.29 is 13.5 Å². The van der Waals surface area contributed by atoms with E-state index in [-0.39, 0.29) is 16.9 Å². The van der Waals surface area contributed by atoms with Crippen LogP contribution in [0.15, 0.2) is 35.5 Å². The van der Waals surface area contributed by atoms with E-state index in [0.717, 1.165) is 5.56 Å². The van der Waals surface area contributed by atoms with Gasteiger partial charge in [0.05, 0.1) is 23.2 Å². The second kappa shape index (κ2) is 6.48. The van der Waals surface area contributed by atoms with Crippen molar-refractivity contribution in [2.24, 2.45) is 13.0 Å². The Kier molecular flexibility index (Phi) is 4.70. The van der Waals surface area contributed by atoms with Gasteiger partial charge in [-0.15, -0.1) is 0 Å². The summed E-state index contributed by atoms with van der Waals surface area (Å²) in [5.74, 6) is 0.0402. The largest absolute Gasteiger partial charge is 0.393 e. The first-order chi connectivity index (χ1) is 11.3. The van der Waals surface area contributed by atoms with Gasteiger partial charge in [0, 0.05) is 23.8 Å². The van der Waals surface area contributed by atoms with Crippen molar-refractivity contribution in [3.05, 3.63) is 46.7 Å². The van der Waals surface area contributed by atoms with Crippen molar-refractivity contribution in [2.45, 2.75) is 36.8 Å². The number of sulfonamides is 1. The second-order valence-electron chi connectivity index (χ2n) is 6.29. The lowest BCUT2D eigenvalue weighted by molar-refractivity contribution is 0.0280. The average molecular weight is 370 g/mol. The number of benzene rings is 1. The van der Waals surface area contributed by atoms with Gasteiger partial charge >= 0.3 is 0 Å². The first-order valence-corrected chi connectivity index (χ1v) is 9.58. The Labute approximate surface area is 146 Å². The Bertz CT molecular complexity index is 844. The zero-order chi connectivity index (χ0) is 17.5. The molecule has 1 atom stereocenters. The molecule has 3 rings (SSSR count). The molecule has 1 aliphatic carbocycles. The molecule has 1 aromatic carbocycles. The van der Waals surface area contributed by atoms with Gasteiger partial charge in [-0.05, 0) is 43.4 Å². The first-order valence-electron chi connectivity index (χ1n) is 7.72. The predicted octanol–water partition coefficient (Wildman–Crippen LogP) is 2.17. The van der Waals surface area contributed by atoms with Gasteiger partial charge in [0.2, 0.25) is 10.0 Å². The monoisotopic (exact) mass is 369 g/mol. The van der Waals surface area contributed by atoms with Crippen LogP contribution in [0.3, 0.4) is 0 Å². The molecule has 0 unspecified atom stereocenters. The van der Waals surface area contributed by atoms with Gasteiger partial charge in [0.25, 0.3) is 0 Å². The fraction of sp³-hybridized carbons (Fsp3) is 0.438. The zero-order valence-electron chi connectivity index (χ0n) is 13.5. The minimum atomic E-state index is -3.74. The van der Waals surface area contributed by atoms with Gasteiger partial charge in [-0.3, -0.25) is 4.68 Å². The van der Waals surface area contributed by atoms with Crippen molar-refractivity contribution in [1.29, 1.82) is 0 Å². The van der Waals surface area contributed by atoms with Crippen LogP contribution in [0.25, 0.3) is 0 Å². The van der Waals surface area contributed by atoms with E-state index in [1.54, 1.807) is 49.2 Å². The Morgan fingerprint density at radius 1 is 1.42 bits per heavy atom. The molecule has 0 radical (unpaired) electrons. The van der Waals surface area contributed by atoms with E-state index in [1.807, 2.05) is 0 Å². The summed E-state index contributed by atoms with van der Waals surface area (Å²) in [4.78, 5) is 0.170. The highest BCUT2D eigenvalue weighted by molar-refractivity contribution is 7.89. The molecule has 0 amide bonds. The molecule has 1 fully saturated rings. The van der Waals surface area contributed by atoms with E-state index < -0.39 is 16.1 Å². The number of hydrogen-bond acceptors (Lipinski definition) is 4. The molecule has 8 heteroatoms. The highest BCUT2D eigenvalue weighted by atomic mass is 35.5. The van der Waals surface area contributed by atoms with Crippen LogP contribution in [-0.2, 0) is 17.1 Å². The Balaban J connectivity index is 1.93. The molecule has 1 heterocycles. The van der Waals surface area contributed by atoms with Crippen LogP contribution in [0.4, 0.5) is 0 Å². The quantitative estimate of drug-likeness (QED) is 0.846. The van der Waals surface area contributed by atoms with E-state index in [4.69, 9.17) is 11.6 Å². The second-order valence-corrected chi connectivity index (χ2v) is 8.38. The molecular formula is C16H20ClN3O3S. The predicted molar refractivity (Wildman–Crippen MR) is 91.2 cm³/mol. The summed E-state index contributed by atoms with van der Waals surface area (Å²) in [5.41, 5.74) is 1.31. The molecule has 6 nitrogen and oxygen atoms in total. The smallest absolute Gasteiger partial charge is 0.241 e. The highest BCUT2D eigenvalue weighted by Gasteiger charge is 2.38. The minimum Gasteiger partial charge on any atom is -0.393 e. The van der Waals surface area contributed by atoms with E-state index in [9.17, 15) is 13.5 Å². The summed E-state index contributed by atoms with van der Waals surface area (Å²) in [6.07, 6.45) is 4.21. The van der Waals surface area contributed by atoms with Crippen LogP contribution < -0.4 is 4.72 Å². The number of aliphatic hydroxyl groups excluding tert-OH is 1. The van der Waals surface area contributed by atoms with Crippen molar-refractivity contribution in [3.63, 3.8) is 0 Å². The van der Waals surface area contributed by atoms with Gasteiger partial charge in [-0.25, -0.2) is 13.1 Å². The van der Waals surface area contributed by atoms with Crippen LogP contribution in [0.1, 0.15) is 30.0 Å². The Morgan fingerprint density at radius 2 is 2.12 bits per heavy atom. The molecule has 1 aliphatic rings. The summed E-state index contributed by atoms with van der Waals surface area (Å²) < 4.78 is 30.1. The van der Waals surface area contributed by atoms with Crippen LogP contribution in [0.2, 0.25) is 5.02 Å². The van der Waals surface area contributed by atoms with Gasteiger partial charge in [0.1, 0.15) is 0 Å². The lowest BCUT2D eigenvalue weighted by atomic mass is 9.76. The van der Waals surface area contributed by atoms with E-state index >= 15 is 0 Å². The summed E-state index contributed by atoms with van der Waals surface area (Å²) in [7, 11) is -1.96. The number of nitrogens with one attached hydrogen (secondary N) is 1. The maximum absolute atomic E-state index is 12.9. The van der Waals surface area contributed by atoms with Crippen molar-refractivity contribution in [3.8, 4) is 0 Å². The molecule has 2 aromatic rings. The molecule has 1 aromatic heterocycles. The molecule has 0 aliphatic heterocycles. The maximum Gasteiger partial charge on any atom is 0.241 e. The van der Waals surface area contributed by atoms with Gasteiger partial charge in [-0.1, -0.05) is 17.7 Å². The molecular weight excluding hydrogens is 350 g/mol. The third kappa shape index (κ3) is 3.35. The SMILES string of the molecule is Cc1c(Cl)cccc1S(=O)(=O)N[C@@H](c1cnn(C)c1)C1CC(O)C1. The normalized spacial score (nSPS) is 22.2. The fourth-order valence-corrected chi connectivity index (χ4v) is 4.84. The summed E-state index contributed by atoms with van der Waals surface area (Å²) in [5, 5.41) is 14.1. The number of nitrogens with zero attached hydrogens (tertiary/aromatic N) is 2. The molecule has 0 bridgehead atoms. The van der Waals surface area contributed by atoms with Crippen molar-refractivity contribution in [2.75, 3.05) is 0 Å². The third-order valence-electron chi connectivity index (χ3n) is 4.49. The molecule has 0 spiro atoms. The van der Waals surface area contributed by atoms with E-state index in [2.05, 4.69) is 9.82 Å². The number of halogens is 1. The minimum absolute atomic E-state index is 0.0402. The molecule has 1 saturated carbocycles. The number of hydrogen-bond donors (Lipinski definition) is 2. The van der Waals surface area contributed by atoms with Crippen LogP contribution in [0, 0.1) is 12.8 Å². The number of aliphatic hydroxyl groups is 1. The number of aryl methyl sites for hydroxylation is 1. The molecule has 24 heavy (non-hydrogen) atoms. The number of rotatable bonds is 5. The van der Waals surface area contributed by atoms with Crippen molar-refractivity contribution >= 4 is 21.6 Å². The number of aromatic nitrogens is 2. The maximum atomic E-state index is 12.9. The summed E-state index contributed by atoms with van der Waals surface area (Å²) >= 11 is 6.06. The lowest BCUT2D eigenvalue weighted by Gasteiger charge is -2.37. The Hall–Kier alpha value is -1.41. The molecule has 2 N–H and O–H groups in total. The van der Waals surface area contributed by atoms with Gasteiger partial charge in [0.15, 0.2) is 0 Å².